The standard InChI is InChI=1S/C23H25N5O/c29-23(28-13-11-27(12-14-28)18-19-5-2-1-3-6-19)21-8-10-25-22(15-21)26-17-20-7-4-9-24-16-20/h1-10,15-16H,11-14,17-18H2,(H,25,26). The predicted octanol–water partition coefficient (Wildman–Crippen LogP) is 3.05. The molecule has 0 aliphatic carbocycles. The Kier molecular flexibility index (Phi) is 6.12. The number of carbonyl (C=O) groups excluding carboxylic acids is 1. The van der Waals surface area contributed by atoms with Gasteiger partial charge in [0.25, 0.3) is 5.91 Å². The molecule has 1 fully saturated rings. The largest absolute Gasteiger partial charge is 0.366 e. The summed E-state index contributed by atoms with van der Waals surface area (Å²) in [6, 6.07) is 18.0. The molecule has 1 amide bonds. The van der Waals surface area contributed by atoms with E-state index in [0.717, 1.165) is 38.3 Å². The van der Waals surface area contributed by atoms with Crippen LogP contribution in [0.5, 0.6) is 0 Å². The molecule has 1 aliphatic rings. The van der Waals surface area contributed by atoms with Crippen LogP contribution in [-0.4, -0.2) is 51.9 Å². The predicted molar refractivity (Wildman–Crippen MR) is 113 cm³/mol. The lowest BCUT2D eigenvalue weighted by atomic mass is 10.1. The van der Waals surface area contributed by atoms with E-state index in [4.69, 9.17) is 0 Å². The Morgan fingerprint density at radius 1 is 0.931 bits per heavy atom. The van der Waals surface area contributed by atoms with Gasteiger partial charge in [0, 0.05) is 63.4 Å². The number of hydrogen-bond acceptors (Lipinski definition) is 5. The van der Waals surface area contributed by atoms with Crippen LogP contribution in [0.3, 0.4) is 0 Å². The lowest BCUT2D eigenvalue weighted by Crippen LogP contribution is -2.48. The Hall–Kier alpha value is -3.25. The number of anilines is 1. The first-order valence-corrected chi connectivity index (χ1v) is 9.92. The molecule has 1 N–H and O–H groups in total. The van der Waals surface area contributed by atoms with Gasteiger partial charge in [0.05, 0.1) is 0 Å². The third-order valence-electron chi connectivity index (χ3n) is 5.11. The van der Waals surface area contributed by atoms with Crippen molar-refractivity contribution in [2.24, 2.45) is 0 Å². The van der Waals surface area contributed by atoms with Gasteiger partial charge in [-0.05, 0) is 29.3 Å². The minimum Gasteiger partial charge on any atom is -0.366 e. The first-order valence-electron chi connectivity index (χ1n) is 9.92. The van der Waals surface area contributed by atoms with Crippen LogP contribution in [0.25, 0.3) is 0 Å². The van der Waals surface area contributed by atoms with Gasteiger partial charge in [-0.25, -0.2) is 4.98 Å². The van der Waals surface area contributed by atoms with Crippen LogP contribution in [0.2, 0.25) is 0 Å². The maximum Gasteiger partial charge on any atom is 0.254 e. The fraction of sp³-hybridized carbons (Fsp3) is 0.261. The monoisotopic (exact) mass is 387 g/mol. The van der Waals surface area contributed by atoms with Crippen molar-refractivity contribution in [2.45, 2.75) is 13.1 Å². The van der Waals surface area contributed by atoms with E-state index >= 15 is 0 Å². The highest BCUT2D eigenvalue weighted by Gasteiger charge is 2.22. The number of amides is 1. The Bertz CT molecular complexity index is 924. The van der Waals surface area contributed by atoms with Crippen LogP contribution in [0.4, 0.5) is 5.82 Å². The summed E-state index contributed by atoms with van der Waals surface area (Å²) in [7, 11) is 0. The third kappa shape index (κ3) is 5.18. The molecule has 0 bridgehead atoms. The van der Waals surface area contributed by atoms with Gasteiger partial charge in [0.2, 0.25) is 0 Å². The van der Waals surface area contributed by atoms with E-state index in [-0.39, 0.29) is 5.91 Å². The first-order chi connectivity index (χ1) is 14.3. The topological polar surface area (TPSA) is 61.4 Å². The molecule has 6 nitrogen and oxygen atoms in total. The van der Waals surface area contributed by atoms with E-state index in [1.165, 1.54) is 5.56 Å². The van der Waals surface area contributed by atoms with Crippen LogP contribution in [0.1, 0.15) is 21.5 Å². The Morgan fingerprint density at radius 3 is 2.48 bits per heavy atom. The van der Waals surface area contributed by atoms with Crippen molar-refractivity contribution in [1.82, 2.24) is 19.8 Å². The van der Waals surface area contributed by atoms with Gasteiger partial charge < -0.3 is 10.2 Å². The van der Waals surface area contributed by atoms with Crippen molar-refractivity contribution >= 4 is 11.7 Å². The minimum absolute atomic E-state index is 0.0659. The highest BCUT2D eigenvalue weighted by molar-refractivity contribution is 5.94. The van der Waals surface area contributed by atoms with Gasteiger partial charge in [-0.2, -0.15) is 0 Å². The van der Waals surface area contributed by atoms with E-state index in [9.17, 15) is 4.79 Å². The highest BCUT2D eigenvalue weighted by Crippen LogP contribution is 2.14. The summed E-state index contributed by atoms with van der Waals surface area (Å²) in [6.07, 6.45) is 5.25. The Morgan fingerprint density at radius 2 is 1.72 bits per heavy atom. The molecular formula is C23H25N5O. The van der Waals surface area contributed by atoms with E-state index in [0.29, 0.717) is 17.9 Å². The quantitative estimate of drug-likeness (QED) is 0.704. The normalized spacial score (nSPS) is 14.6. The summed E-state index contributed by atoms with van der Waals surface area (Å²) in [5.74, 6) is 0.763. The second kappa shape index (κ2) is 9.30. The van der Waals surface area contributed by atoms with E-state index < -0.39 is 0 Å². The maximum atomic E-state index is 12.9. The molecular weight excluding hydrogens is 362 g/mol. The number of benzene rings is 1. The molecule has 3 heterocycles. The zero-order valence-electron chi connectivity index (χ0n) is 16.4. The summed E-state index contributed by atoms with van der Waals surface area (Å²) in [4.78, 5) is 25.7. The van der Waals surface area contributed by atoms with Crippen molar-refractivity contribution in [1.29, 1.82) is 0 Å². The molecule has 29 heavy (non-hydrogen) atoms. The second-order valence-electron chi connectivity index (χ2n) is 7.20. The lowest BCUT2D eigenvalue weighted by molar-refractivity contribution is 0.0628. The Labute approximate surface area is 171 Å². The fourth-order valence-electron chi connectivity index (χ4n) is 3.49. The van der Waals surface area contributed by atoms with Crippen molar-refractivity contribution in [3.05, 3.63) is 89.9 Å². The lowest BCUT2D eigenvalue weighted by Gasteiger charge is -2.34. The van der Waals surface area contributed by atoms with Crippen LogP contribution in [0.15, 0.2) is 73.2 Å². The minimum atomic E-state index is 0.0659. The van der Waals surface area contributed by atoms with Gasteiger partial charge in [-0.3, -0.25) is 14.7 Å². The van der Waals surface area contributed by atoms with Gasteiger partial charge in [-0.1, -0.05) is 36.4 Å². The average Bonchev–Trinajstić information content (AvgIpc) is 2.79. The van der Waals surface area contributed by atoms with Crippen molar-refractivity contribution in [3.63, 3.8) is 0 Å². The molecule has 0 spiro atoms. The van der Waals surface area contributed by atoms with E-state index in [1.54, 1.807) is 18.5 Å². The van der Waals surface area contributed by atoms with Crippen LogP contribution < -0.4 is 5.32 Å². The molecule has 1 saturated heterocycles. The van der Waals surface area contributed by atoms with Crippen molar-refractivity contribution < 1.29 is 4.79 Å². The maximum absolute atomic E-state index is 12.9. The summed E-state index contributed by atoms with van der Waals surface area (Å²) in [5.41, 5.74) is 3.05. The van der Waals surface area contributed by atoms with Gasteiger partial charge in [0.1, 0.15) is 5.82 Å². The van der Waals surface area contributed by atoms with Crippen molar-refractivity contribution in [3.8, 4) is 0 Å². The molecule has 1 aromatic carbocycles. The third-order valence-corrected chi connectivity index (χ3v) is 5.11. The highest BCUT2D eigenvalue weighted by atomic mass is 16.2. The SMILES string of the molecule is O=C(c1ccnc(NCc2cccnc2)c1)N1CCN(Cc2ccccc2)CC1. The number of nitrogens with one attached hydrogen (secondary N) is 1. The molecule has 0 atom stereocenters. The van der Waals surface area contributed by atoms with Crippen LogP contribution >= 0.6 is 0 Å². The van der Waals surface area contributed by atoms with E-state index in [1.807, 2.05) is 35.4 Å². The van der Waals surface area contributed by atoms with Gasteiger partial charge >= 0.3 is 0 Å². The number of piperazine rings is 1. The molecule has 4 rings (SSSR count). The molecule has 148 valence electrons. The Balaban J connectivity index is 1.31. The summed E-state index contributed by atoms with van der Waals surface area (Å²) >= 11 is 0. The number of carbonyl (C=O) groups is 1. The molecule has 3 aromatic rings. The molecule has 0 radical (unpaired) electrons. The zero-order chi connectivity index (χ0) is 19.9. The van der Waals surface area contributed by atoms with E-state index in [2.05, 4.69) is 44.5 Å². The number of rotatable bonds is 6. The van der Waals surface area contributed by atoms with Gasteiger partial charge in [0.15, 0.2) is 0 Å². The number of hydrogen-bond donors (Lipinski definition) is 1. The molecule has 0 saturated carbocycles. The summed E-state index contributed by atoms with van der Waals surface area (Å²) < 4.78 is 0. The smallest absolute Gasteiger partial charge is 0.254 e. The summed E-state index contributed by atoms with van der Waals surface area (Å²) in [6.45, 7) is 4.81. The molecule has 6 heteroatoms. The molecule has 1 aliphatic heterocycles. The second-order valence-corrected chi connectivity index (χ2v) is 7.20. The summed E-state index contributed by atoms with van der Waals surface area (Å²) in [5, 5.41) is 3.26. The fourth-order valence-corrected chi connectivity index (χ4v) is 3.49. The number of nitrogens with zero attached hydrogens (tertiary/aromatic N) is 4. The average molecular weight is 387 g/mol. The number of aromatic nitrogens is 2. The molecule has 2 aromatic heterocycles. The zero-order valence-corrected chi connectivity index (χ0v) is 16.4. The first kappa shape index (κ1) is 19.1. The van der Waals surface area contributed by atoms with Crippen LogP contribution in [-0.2, 0) is 13.1 Å². The van der Waals surface area contributed by atoms with Crippen molar-refractivity contribution in [2.75, 3.05) is 31.5 Å². The molecule has 0 unspecified atom stereocenters. The number of pyridine rings is 2. The van der Waals surface area contributed by atoms with Gasteiger partial charge in [-0.15, -0.1) is 0 Å². The van der Waals surface area contributed by atoms with Crippen LogP contribution in [0, 0.1) is 0 Å².